The highest BCUT2D eigenvalue weighted by Gasteiger charge is 2.34. The normalized spacial score (nSPS) is 22.5. The summed E-state index contributed by atoms with van der Waals surface area (Å²) in [5.74, 6) is 0.686. The largest absolute Gasteiger partial charge is 0.454 e. The van der Waals surface area contributed by atoms with Gasteiger partial charge in [-0.25, -0.2) is 9.78 Å². The Morgan fingerprint density at radius 1 is 1.20 bits per heavy atom. The molecule has 0 spiro atoms. The minimum absolute atomic E-state index is 0.0123. The third kappa shape index (κ3) is 6.85. The molecule has 2 amide bonds. The summed E-state index contributed by atoms with van der Waals surface area (Å²) in [5, 5.41) is 3.64. The topological polar surface area (TPSA) is 97.5 Å². The average Bonchev–Trinajstić information content (AvgIpc) is 3.18. The van der Waals surface area contributed by atoms with Gasteiger partial charge in [0.2, 0.25) is 0 Å². The highest BCUT2D eigenvalue weighted by Crippen LogP contribution is 2.34. The van der Waals surface area contributed by atoms with Crippen molar-refractivity contribution >= 4 is 40.2 Å². The van der Waals surface area contributed by atoms with Crippen molar-refractivity contribution in [2.75, 3.05) is 17.8 Å². The van der Waals surface area contributed by atoms with Gasteiger partial charge in [-0.3, -0.25) is 10.1 Å². The molecule has 1 heterocycles. The number of rotatable bonds is 8. The summed E-state index contributed by atoms with van der Waals surface area (Å²) >= 11 is 2.81. The van der Waals surface area contributed by atoms with Crippen LogP contribution in [0, 0.1) is 5.92 Å². The van der Waals surface area contributed by atoms with E-state index in [0.717, 1.165) is 35.8 Å². The second kappa shape index (κ2) is 11.9. The first-order valence-corrected chi connectivity index (χ1v) is 12.9. The van der Waals surface area contributed by atoms with Gasteiger partial charge < -0.3 is 15.4 Å². The number of nitrogens with one attached hydrogen (secondary N) is 1. The number of aromatic nitrogens is 1. The minimum atomic E-state index is -0.298. The Morgan fingerprint density at radius 2 is 1.90 bits per heavy atom. The molecule has 0 atom stereocenters. The lowest BCUT2D eigenvalue weighted by atomic mass is 9.84. The summed E-state index contributed by atoms with van der Waals surface area (Å²) < 4.78 is 6.01. The Hall–Kier alpha value is -1.32. The van der Waals surface area contributed by atoms with Gasteiger partial charge in [0.25, 0.3) is 0 Å². The van der Waals surface area contributed by atoms with Crippen LogP contribution in [0.15, 0.2) is 10.4 Å². The molecule has 3 rings (SSSR count). The van der Waals surface area contributed by atoms with Crippen molar-refractivity contribution in [3.8, 4) is 0 Å². The number of urea groups is 1. The van der Waals surface area contributed by atoms with Crippen LogP contribution < -0.4 is 11.1 Å². The molecule has 0 saturated heterocycles. The first kappa shape index (κ1) is 23.3. The quantitative estimate of drug-likeness (QED) is 0.332. The molecule has 168 valence electrons. The Bertz CT molecular complexity index is 686. The van der Waals surface area contributed by atoms with E-state index in [1.165, 1.54) is 55.2 Å². The second-order valence-electron chi connectivity index (χ2n) is 8.34. The molecule has 3 N–H and O–H groups in total. The smallest absolute Gasteiger partial charge is 0.324 e. The number of anilines is 1. The van der Waals surface area contributed by atoms with E-state index in [1.54, 1.807) is 6.20 Å². The molecular formula is C21H34N4O3S2. The molecule has 0 aliphatic heterocycles. The van der Waals surface area contributed by atoms with E-state index in [4.69, 9.17) is 10.5 Å². The molecule has 2 aliphatic carbocycles. The van der Waals surface area contributed by atoms with Gasteiger partial charge in [0.15, 0.2) is 5.13 Å². The minimum Gasteiger partial charge on any atom is -0.454 e. The van der Waals surface area contributed by atoms with Gasteiger partial charge in [-0.2, -0.15) is 0 Å². The fourth-order valence-electron chi connectivity index (χ4n) is 4.39. The summed E-state index contributed by atoms with van der Waals surface area (Å²) in [7, 11) is 0. The van der Waals surface area contributed by atoms with E-state index in [1.807, 2.05) is 0 Å². The van der Waals surface area contributed by atoms with E-state index in [0.29, 0.717) is 17.2 Å². The highest BCUT2D eigenvalue weighted by atomic mass is 32.2. The van der Waals surface area contributed by atoms with Crippen LogP contribution in [0.25, 0.3) is 0 Å². The van der Waals surface area contributed by atoms with Gasteiger partial charge in [0.1, 0.15) is 5.94 Å². The number of thiazole rings is 1. The zero-order chi connectivity index (χ0) is 21.3. The zero-order valence-corrected chi connectivity index (χ0v) is 19.4. The summed E-state index contributed by atoms with van der Waals surface area (Å²) in [6.45, 7) is 2.60. The highest BCUT2D eigenvalue weighted by molar-refractivity contribution is 8.01. The molecule has 9 heteroatoms. The van der Waals surface area contributed by atoms with Crippen molar-refractivity contribution in [1.82, 2.24) is 9.88 Å². The van der Waals surface area contributed by atoms with Crippen molar-refractivity contribution in [3.63, 3.8) is 0 Å². The number of hydrogen-bond acceptors (Lipinski definition) is 7. The van der Waals surface area contributed by atoms with Gasteiger partial charge in [-0.1, -0.05) is 49.3 Å². The van der Waals surface area contributed by atoms with Crippen molar-refractivity contribution in [1.29, 1.82) is 0 Å². The maximum Gasteiger partial charge on any atom is 0.324 e. The Labute approximate surface area is 187 Å². The van der Waals surface area contributed by atoms with Crippen LogP contribution in [-0.4, -0.2) is 46.5 Å². The van der Waals surface area contributed by atoms with Gasteiger partial charge >= 0.3 is 12.0 Å². The number of nitrogens with zero attached hydrogens (tertiary/aromatic N) is 2. The summed E-state index contributed by atoms with van der Waals surface area (Å²) in [6, 6.07) is 0.662. The number of esters is 1. The third-order valence-corrected chi connectivity index (χ3v) is 7.99. The van der Waals surface area contributed by atoms with Crippen LogP contribution in [0.3, 0.4) is 0 Å². The molecule has 30 heavy (non-hydrogen) atoms. The molecule has 2 aliphatic rings. The SMILES string of the molecule is CC1CCC(N(C(=O)Nc2ncc(SCOC(=O)CCN)s2)C2CCCCC2)CC1. The van der Waals surface area contributed by atoms with Gasteiger partial charge in [-0.15, -0.1) is 0 Å². The summed E-state index contributed by atoms with van der Waals surface area (Å²) in [5.41, 5.74) is 5.34. The molecule has 2 fully saturated rings. The average molecular weight is 455 g/mol. The molecule has 2 saturated carbocycles. The third-order valence-electron chi connectivity index (χ3n) is 6.05. The number of carbonyl (C=O) groups excluding carboxylic acids is 2. The number of amides is 2. The summed E-state index contributed by atoms with van der Waals surface area (Å²) in [4.78, 5) is 31.2. The van der Waals surface area contributed by atoms with Crippen molar-refractivity contribution in [2.24, 2.45) is 11.7 Å². The van der Waals surface area contributed by atoms with Gasteiger partial charge in [0, 0.05) is 18.6 Å². The number of carbonyl (C=O) groups is 2. The number of hydrogen-bond donors (Lipinski definition) is 2. The first-order valence-electron chi connectivity index (χ1n) is 11.1. The predicted octanol–water partition coefficient (Wildman–Crippen LogP) is 4.83. The number of nitrogens with two attached hydrogens (primary N) is 1. The predicted molar refractivity (Wildman–Crippen MR) is 122 cm³/mol. The van der Waals surface area contributed by atoms with Crippen LogP contribution in [-0.2, 0) is 9.53 Å². The molecule has 7 nitrogen and oxygen atoms in total. The fourth-order valence-corrected chi connectivity index (χ4v) is 5.98. The van der Waals surface area contributed by atoms with Crippen molar-refractivity contribution in [3.05, 3.63) is 6.20 Å². The van der Waals surface area contributed by atoms with Crippen LogP contribution in [0.1, 0.15) is 71.1 Å². The molecule has 1 aromatic rings. The van der Waals surface area contributed by atoms with Gasteiger partial charge in [0.05, 0.1) is 16.8 Å². The van der Waals surface area contributed by atoms with Crippen LogP contribution in [0.5, 0.6) is 0 Å². The number of thioether (sulfide) groups is 1. The molecule has 0 aromatic carbocycles. The monoisotopic (exact) mass is 454 g/mol. The van der Waals surface area contributed by atoms with Crippen LogP contribution in [0.2, 0.25) is 0 Å². The standard InChI is InChI=1S/C21H34N4O3S2/c1-15-7-9-17(10-8-15)25(16-5-3-2-4-6-16)21(27)24-20-23-13-19(30-20)29-14-28-18(26)11-12-22/h13,15-17H,2-12,14,22H2,1H3,(H,23,24,27). The number of ether oxygens (including phenoxy) is 1. The Morgan fingerprint density at radius 3 is 2.60 bits per heavy atom. The van der Waals surface area contributed by atoms with Crippen molar-refractivity contribution < 1.29 is 14.3 Å². The zero-order valence-electron chi connectivity index (χ0n) is 17.8. The molecule has 0 unspecified atom stereocenters. The van der Waals surface area contributed by atoms with E-state index >= 15 is 0 Å². The fraction of sp³-hybridized carbons (Fsp3) is 0.762. The summed E-state index contributed by atoms with van der Waals surface area (Å²) in [6.07, 6.45) is 12.4. The first-order chi connectivity index (χ1) is 14.6. The van der Waals surface area contributed by atoms with E-state index < -0.39 is 0 Å². The maximum absolute atomic E-state index is 13.3. The molecular weight excluding hydrogens is 420 g/mol. The maximum atomic E-state index is 13.3. The van der Waals surface area contributed by atoms with Crippen molar-refractivity contribution in [2.45, 2.75) is 87.4 Å². The Kier molecular flexibility index (Phi) is 9.27. The van der Waals surface area contributed by atoms with Crippen LogP contribution in [0.4, 0.5) is 9.93 Å². The lowest BCUT2D eigenvalue weighted by Crippen LogP contribution is -2.51. The molecule has 0 bridgehead atoms. The molecule has 0 radical (unpaired) electrons. The van der Waals surface area contributed by atoms with Crippen LogP contribution >= 0.6 is 23.1 Å². The van der Waals surface area contributed by atoms with Gasteiger partial charge in [-0.05, 0) is 44.4 Å². The lowest BCUT2D eigenvalue weighted by molar-refractivity contribution is -0.141. The lowest BCUT2D eigenvalue weighted by Gasteiger charge is -2.42. The van der Waals surface area contributed by atoms with E-state index in [9.17, 15) is 9.59 Å². The second-order valence-corrected chi connectivity index (χ2v) is 10.6. The Balaban J connectivity index is 1.57. The van der Waals surface area contributed by atoms with E-state index in [2.05, 4.69) is 22.1 Å². The van der Waals surface area contributed by atoms with E-state index in [-0.39, 0.29) is 30.9 Å². The molecule has 1 aromatic heterocycles.